The van der Waals surface area contributed by atoms with Crippen molar-refractivity contribution in [2.24, 2.45) is 5.73 Å². The van der Waals surface area contributed by atoms with Crippen molar-refractivity contribution in [1.29, 1.82) is 0 Å². The summed E-state index contributed by atoms with van der Waals surface area (Å²) in [5.41, 5.74) is 6.44. The third-order valence-corrected chi connectivity index (χ3v) is 5.46. The van der Waals surface area contributed by atoms with E-state index in [1.165, 1.54) is 12.1 Å². The SMILES string of the molecule is C=CCC(C)(N)CCCCCOc1ccc(C(=O)c2ccc(Br)cc2)c(F)c1.O=C(O)/C=C/C(=O)O. The molecule has 0 spiro atoms. The third kappa shape index (κ3) is 12.4. The lowest BCUT2D eigenvalue weighted by atomic mass is 9.92. The van der Waals surface area contributed by atoms with Crippen LogP contribution in [0.2, 0.25) is 0 Å². The quantitative estimate of drug-likeness (QED) is 0.122. The number of carbonyl (C=O) groups excluding carboxylic acids is 1. The second kappa shape index (κ2) is 15.6. The lowest BCUT2D eigenvalue weighted by Gasteiger charge is -2.22. The van der Waals surface area contributed by atoms with Crippen LogP contribution < -0.4 is 10.5 Å². The lowest BCUT2D eigenvalue weighted by molar-refractivity contribution is -0.134. The van der Waals surface area contributed by atoms with Crippen molar-refractivity contribution >= 4 is 33.7 Å². The van der Waals surface area contributed by atoms with Crippen molar-refractivity contribution in [3.05, 3.63) is 88.7 Å². The number of unbranched alkanes of at least 4 members (excludes halogenated alkanes) is 2. The highest BCUT2D eigenvalue weighted by Crippen LogP contribution is 2.21. The van der Waals surface area contributed by atoms with Crippen LogP contribution in [0.5, 0.6) is 5.75 Å². The number of carboxylic acid groups (broad SMARTS) is 2. The monoisotopic (exact) mass is 563 g/mol. The van der Waals surface area contributed by atoms with Gasteiger partial charge in [0.05, 0.1) is 12.2 Å². The summed E-state index contributed by atoms with van der Waals surface area (Å²) in [6.07, 6.45) is 7.57. The number of ketones is 1. The van der Waals surface area contributed by atoms with Crippen LogP contribution in [0.4, 0.5) is 4.39 Å². The van der Waals surface area contributed by atoms with Crippen LogP contribution in [0.25, 0.3) is 0 Å². The Hall–Kier alpha value is -3.30. The van der Waals surface area contributed by atoms with E-state index in [4.69, 9.17) is 20.7 Å². The summed E-state index contributed by atoms with van der Waals surface area (Å²) in [6, 6.07) is 11.2. The third-order valence-electron chi connectivity index (χ3n) is 4.93. The summed E-state index contributed by atoms with van der Waals surface area (Å²) in [6.45, 7) is 6.26. The molecule has 4 N–H and O–H groups in total. The van der Waals surface area contributed by atoms with Crippen molar-refractivity contribution < 1.29 is 33.7 Å². The molecule has 0 fully saturated rings. The topological polar surface area (TPSA) is 127 Å². The van der Waals surface area contributed by atoms with Crippen LogP contribution in [-0.2, 0) is 9.59 Å². The summed E-state index contributed by atoms with van der Waals surface area (Å²) in [5, 5.41) is 15.6. The van der Waals surface area contributed by atoms with Gasteiger partial charge in [-0.25, -0.2) is 14.0 Å². The molecule has 0 saturated carbocycles. The molecule has 36 heavy (non-hydrogen) atoms. The molecule has 0 bridgehead atoms. The predicted octanol–water partition coefficient (Wildman–Crippen LogP) is 5.76. The minimum absolute atomic E-state index is 0.0409. The summed E-state index contributed by atoms with van der Waals surface area (Å²) in [5.74, 6) is -3.00. The number of carboxylic acids is 2. The molecular weight excluding hydrogens is 533 g/mol. The van der Waals surface area contributed by atoms with Gasteiger partial charge in [-0.3, -0.25) is 4.79 Å². The van der Waals surface area contributed by atoms with E-state index in [-0.39, 0.29) is 16.9 Å². The molecule has 0 heterocycles. The van der Waals surface area contributed by atoms with Gasteiger partial charge in [-0.1, -0.05) is 28.4 Å². The normalized spacial score (nSPS) is 12.2. The van der Waals surface area contributed by atoms with E-state index in [2.05, 4.69) is 22.5 Å². The number of benzene rings is 2. The number of aliphatic carboxylic acids is 2. The lowest BCUT2D eigenvalue weighted by Crippen LogP contribution is -2.35. The first-order valence-corrected chi connectivity index (χ1v) is 12.0. The van der Waals surface area contributed by atoms with Crippen LogP contribution in [-0.4, -0.2) is 40.1 Å². The fraction of sp³-hybridized carbons (Fsp3) is 0.296. The number of rotatable bonds is 13. The zero-order valence-corrected chi connectivity index (χ0v) is 21.7. The Bertz CT molecular complexity index is 1050. The first-order valence-electron chi connectivity index (χ1n) is 11.2. The number of nitrogens with two attached hydrogens (primary N) is 1. The molecule has 1 atom stereocenters. The summed E-state index contributed by atoms with van der Waals surface area (Å²) in [4.78, 5) is 31.5. The Balaban J connectivity index is 0.000000697. The van der Waals surface area contributed by atoms with E-state index in [1.54, 1.807) is 30.3 Å². The van der Waals surface area contributed by atoms with Crippen molar-refractivity contribution in [2.45, 2.75) is 44.6 Å². The maximum absolute atomic E-state index is 14.4. The number of hydrogen-bond donors (Lipinski definition) is 3. The van der Waals surface area contributed by atoms with E-state index < -0.39 is 17.8 Å². The zero-order chi connectivity index (χ0) is 27.1. The molecule has 0 aliphatic rings. The van der Waals surface area contributed by atoms with Gasteiger partial charge in [0.2, 0.25) is 0 Å². The fourth-order valence-corrected chi connectivity index (χ4v) is 3.36. The molecule has 1 unspecified atom stereocenters. The van der Waals surface area contributed by atoms with Gasteiger partial charge in [0.15, 0.2) is 5.78 Å². The van der Waals surface area contributed by atoms with E-state index >= 15 is 0 Å². The van der Waals surface area contributed by atoms with E-state index in [1.807, 2.05) is 13.0 Å². The predicted molar refractivity (Wildman–Crippen MR) is 140 cm³/mol. The maximum atomic E-state index is 14.4. The first-order chi connectivity index (χ1) is 16.9. The van der Waals surface area contributed by atoms with E-state index in [0.717, 1.165) is 36.6 Å². The summed E-state index contributed by atoms with van der Waals surface area (Å²) >= 11 is 3.32. The van der Waals surface area contributed by atoms with Gasteiger partial charge in [-0.2, -0.15) is 0 Å². The van der Waals surface area contributed by atoms with Gasteiger partial charge in [-0.15, -0.1) is 6.58 Å². The summed E-state index contributed by atoms with van der Waals surface area (Å²) < 4.78 is 20.9. The molecule has 0 amide bonds. The Morgan fingerprint density at radius 2 is 1.67 bits per heavy atom. The molecule has 9 heteroatoms. The van der Waals surface area contributed by atoms with Gasteiger partial charge in [-0.05, 0) is 69.0 Å². The minimum Gasteiger partial charge on any atom is -0.493 e. The van der Waals surface area contributed by atoms with Crippen molar-refractivity contribution in [3.63, 3.8) is 0 Å². The molecular formula is C27H31BrFNO6. The molecule has 0 aliphatic heterocycles. The van der Waals surface area contributed by atoms with Crippen LogP contribution in [0.1, 0.15) is 54.9 Å². The largest absolute Gasteiger partial charge is 0.493 e. The average molecular weight is 564 g/mol. The maximum Gasteiger partial charge on any atom is 0.328 e. The Morgan fingerprint density at radius 3 is 2.19 bits per heavy atom. The average Bonchev–Trinajstić information content (AvgIpc) is 2.80. The molecule has 7 nitrogen and oxygen atoms in total. The fourth-order valence-electron chi connectivity index (χ4n) is 3.10. The molecule has 194 valence electrons. The second-order valence-corrected chi connectivity index (χ2v) is 9.21. The number of halogens is 2. The van der Waals surface area contributed by atoms with Gasteiger partial charge in [0, 0.05) is 33.8 Å². The first kappa shape index (κ1) is 30.7. The molecule has 0 saturated heterocycles. The van der Waals surface area contributed by atoms with Crippen LogP contribution in [0.3, 0.4) is 0 Å². The second-order valence-electron chi connectivity index (χ2n) is 8.29. The Labute approximate surface area is 218 Å². The van der Waals surface area contributed by atoms with Crippen molar-refractivity contribution in [2.75, 3.05) is 6.61 Å². The van der Waals surface area contributed by atoms with Crippen molar-refractivity contribution in [3.8, 4) is 5.75 Å². The Kier molecular flexibility index (Phi) is 13.4. The highest BCUT2D eigenvalue weighted by atomic mass is 79.9. The standard InChI is InChI=1S/C23H27BrFNO2.C4H4O4/c1-3-13-23(2,26)14-5-4-6-15-28-19-11-12-20(21(25)16-19)22(27)17-7-9-18(24)10-8-17;5-3(6)1-2-4(7)8/h3,7-12,16H,1,4-6,13-15,26H2,2H3;1-2H,(H,5,6)(H,7,8)/b;2-1+. The van der Waals surface area contributed by atoms with Gasteiger partial charge in [0.25, 0.3) is 0 Å². The van der Waals surface area contributed by atoms with E-state index in [0.29, 0.717) is 30.1 Å². The van der Waals surface area contributed by atoms with Crippen LogP contribution in [0, 0.1) is 5.82 Å². The van der Waals surface area contributed by atoms with Gasteiger partial charge in [0.1, 0.15) is 11.6 Å². The molecule has 2 aromatic rings. The molecule has 0 radical (unpaired) electrons. The molecule has 0 aromatic heterocycles. The highest BCUT2D eigenvalue weighted by molar-refractivity contribution is 9.10. The van der Waals surface area contributed by atoms with Gasteiger partial charge < -0.3 is 20.7 Å². The number of carbonyl (C=O) groups is 3. The Morgan fingerprint density at radius 1 is 1.06 bits per heavy atom. The highest BCUT2D eigenvalue weighted by Gasteiger charge is 2.16. The molecule has 0 aliphatic carbocycles. The van der Waals surface area contributed by atoms with Crippen molar-refractivity contribution in [1.82, 2.24) is 0 Å². The smallest absolute Gasteiger partial charge is 0.328 e. The number of ether oxygens (including phenoxy) is 1. The zero-order valence-electron chi connectivity index (χ0n) is 20.1. The van der Waals surface area contributed by atoms with E-state index in [9.17, 15) is 18.8 Å². The van der Waals surface area contributed by atoms with Crippen LogP contribution in [0.15, 0.2) is 71.7 Å². The summed E-state index contributed by atoms with van der Waals surface area (Å²) in [7, 11) is 0. The van der Waals surface area contributed by atoms with Crippen LogP contribution >= 0.6 is 15.9 Å². The molecule has 2 aromatic carbocycles. The van der Waals surface area contributed by atoms with Gasteiger partial charge >= 0.3 is 11.9 Å². The minimum atomic E-state index is -1.26. The molecule has 2 rings (SSSR count). The number of hydrogen-bond acceptors (Lipinski definition) is 5.